The van der Waals surface area contributed by atoms with E-state index in [2.05, 4.69) is 36.5 Å². The summed E-state index contributed by atoms with van der Waals surface area (Å²) < 4.78 is 0. The average molecular weight is 261 g/mol. The molecule has 1 saturated carbocycles. The molecular weight excluding hydrogens is 238 g/mol. The molecule has 0 atom stereocenters. The van der Waals surface area contributed by atoms with Crippen molar-refractivity contribution in [3.63, 3.8) is 0 Å². The van der Waals surface area contributed by atoms with E-state index in [-0.39, 0.29) is 12.5 Å². The third-order valence-corrected chi connectivity index (χ3v) is 4.11. The van der Waals surface area contributed by atoms with Crippen LogP contribution in [0.5, 0.6) is 0 Å². The van der Waals surface area contributed by atoms with Crippen molar-refractivity contribution in [2.75, 3.05) is 6.61 Å². The Morgan fingerprint density at radius 2 is 1.89 bits per heavy atom. The molecule has 3 heteroatoms. The van der Waals surface area contributed by atoms with Gasteiger partial charge in [0.2, 0.25) is 5.91 Å². The van der Waals surface area contributed by atoms with Crippen molar-refractivity contribution < 1.29 is 9.90 Å². The first-order valence-corrected chi connectivity index (χ1v) is 7.17. The molecule has 0 saturated heterocycles. The molecule has 3 nitrogen and oxygen atoms in total. The van der Waals surface area contributed by atoms with Crippen molar-refractivity contribution >= 4 is 5.91 Å². The maximum Gasteiger partial charge on any atom is 0.228 e. The summed E-state index contributed by atoms with van der Waals surface area (Å²) in [4.78, 5) is 12.0. The van der Waals surface area contributed by atoms with Crippen molar-refractivity contribution in [1.82, 2.24) is 5.32 Å². The van der Waals surface area contributed by atoms with Gasteiger partial charge < -0.3 is 10.4 Å². The van der Waals surface area contributed by atoms with Crippen LogP contribution in [-0.4, -0.2) is 17.6 Å². The number of amides is 1. The number of aliphatic hydroxyl groups is 1. The van der Waals surface area contributed by atoms with Crippen LogP contribution < -0.4 is 5.32 Å². The minimum atomic E-state index is -0.498. The molecule has 2 N–H and O–H groups in total. The van der Waals surface area contributed by atoms with Crippen molar-refractivity contribution in [1.29, 1.82) is 0 Å². The highest BCUT2D eigenvalue weighted by Gasteiger charge is 2.43. The zero-order chi connectivity index (χ0) is 13.7. The standard InChI is InChI=1S/C16H23NO2/c1-2-4-13-5-7-14(8-6-13)11-17-15(19)16(12-18)9-3-10-16/h5-8,18H,2-4,9-12H2,1H3,(H,17,19). The number of hydrogen-bond acceptors (Lipinski definition) is 2. The van der Waals surface area contributed by atoms with Gasteiger partial charge in [-0.2, -0.15) is 0 Å². The summed E-state index contributed by atoms with van der Waals surface area (Å²) in [6.07, 6.45) is 4.91. The lowest BCUT2D eigenvalue weighted by Crippen LogP contribution is -2.47. The summed E-state index contributed by atoms with van der Waals surface area (Å²) in [7, 11) is 0. The molecule has 0 spiro atoms. The van der Waals surface area contributed by atoms with Crippen LogP contribution in [0.1, 0.15) is 43.7 Å². The van der Waals surface area contributed by atoms with Crippen molar-refractivity contribution in [2.24, 2.45) is 5.41 Å². The van der Waals surface area contributed by atoms with Crippen LogP contribution in [0.25, 0.3) is 0 Å². The van der Waals surface area contributed by atoms with Crippen molar-refractivity contribution in [3.05, 3.63) is 35.4 Å². The predicted octanol–water partition coefficient (Wildman–Crippen LogP) is 2.42. The van der Waals surface area contributed by atoms with E-state index in [1.54, 1.807) is 0 Å². The molecule has 0 radical (unpaired) electrons. The number of carbonyl (C=O) groups excluding carboxylic acids is 1. The molecule has 1 aromatic rings. The Bertz CT molecular complexity index is 415. The van der Waals surface area contributed by atoms with E-state index in [4.69, 9.17) is 0 Å². The molecule has 0 bridgehead atoms. The van der Waals surface area contributed by atoms with Gasteiger partial charge in [-0.3, -0.25) is 4.79 Å². The zero-order valence-electron chi connectivity index (χ0n) is 11.6. The second-order valence-corrected chi connectivity index (χ2v) is 5.54. The Morgan fingerprint density at radius 1 is 1.26 bits per heavy atom. The highest BCUT2D eigenvalue weighted by Crippen LogP contribution is 2.40. The van der Waals surface area contributed by atoms with Gasteiger partial charge in [-0.05, 0) is 30.4 Å². The van der Waals surface area contributed by atoms with E-state index in [0.29, 0.717) is 6.54 Å². The van der Waals surface area contributed by atoms with Gasteiger partial charge in [-0.1, -0.05) is 44.0 Å². The first-order chi connectivity index (χ1) is 9.20. The molecule has 0 aliphatic heterocycles. The quantitative estimate of drug-likeness (QED) is 0.826. The molecular formula is C16H23NO2. The molecule has 1 aliphatic rings. The molecule has 1 aromatic carbocycles. The number of aryl methyl sites for hydroxylation is 1. The summed E-state index contributed by atoms with van der Waals surface area (Å²) in [6.45, 7) is 2.68. The molecule has 1 fully saturated rings. The van der Waals surface area contributed by atoms with Gasteiger partial charge in [0.25, 0.3) is 0 Å². The summed E-state index contributed by atoms with van der Waals surface area (Å²) in [5, 5.41) is 12.3. The second-order valence-electron chi connectivity index (χ2n) is 5.54. The van der Waals surface area contributed by atoms with Crippen LogP contribution in [0, 0.1) is 5.41 Å². The van der Waals surface area contributed by atoms with Gasteiger partial charge in [0.05, 0.1) is 12.0 Å². The van der Waals surface area contributed by atoms with Crippen LogP contribution in [0.15, 0.2) is 24.3 Å². The third-order valence-electron chi connectivity index (χ3n) is 4.11. The zero-order valence-corrected chi connectivity index (χ0v) is 11.6. The van der Waals surface area contributed by atoms with Gasteiger partial charge >= 0.3 is 0 Å². The van der Waals surface area contributed by atoms with E-state index in [0.717, 1.165) is 37.7 Å². The highest BCUT2D eigenvalue weighted by molar-refractivity contribution is 5.83. The number of nitrogens with one attached hydrogen (secondary N) is 1. The lowest BCUT2D eigenvalue weighted by molar-refractivity contribution is -0.139. The summed E-state index contributed by atoms with van der Waals surface area (Å²) in [6, 6.07) is 8.38. The average Bonchev–Trinajstić information content (AvgIpc) is 2.38. The van der Waals surface area contributed by atoms with Crippen LogP contribution in [-0.2, 0) is 17.8 Å². The van der Waals surface area contributed by atoms with Crippen molar-refractivity contribution in [3.8, 4) is 0 Å². The maximum atomic E-state index is 12.0. The predicted molar refractivity (Wildman–Crippen MR) is 75.7 cm³/mol. The SMILES string of the molecule is CCCc1ccc(CNC(=O)C2(CO)CCC2)cc1. The van der Waals surface area contributed by atoms with E-state index >= 15 is 0 Å². The number of benzene rings is 1. The molecule has 0 unspecified atom stereocenters. The van der Waals surface area contributed by atoms with Crippen LogP contribution in [0.2, 0.25) is 0 Å². The second kappa shape index (κ2) is 6.20. The lowest BCUT2D eigenvalue weighted by atomic mass is 9.68. The van der Waals surface area contributed by atoms with Crippen LogP contribution >= 0.6 is 0 Å². The topological polar surface area (TPSA) is 49.3 Å². The number of hydrogen-bond donors (Lipinski definition) is 2. The smallest absolute Gasteiger partial charge is 0.228 e. The van der Waals surface area contributed by atoms with E-state index in [9.17, 15) is 9.90 Å². The molecule has 1 amide bonds. The fourth-order valence-electron chi connectivity index (χ4n) is 2.54. The van der Waals surface area contributed by atoms with E-state index in [1.165, 1.54) is 5.56 Å². The van der Waals surface area contributed by atoms with Crippen LogP contribution in [0.3, 0.4) is 0 Å². The molecule has 0 heterocycles. The molecule has 1 aliphatic carbocycles. The Hall–Kier alpha value is -1.35. The Balaban J connectivity index is 1.86. The minimum absolute atomic E-state index is 0.00103. The van der Waals surface area contributed by atoms with E-state index < -0.39 is 5.41 Å². The summed E-state index contributed by atoms with van der Waals surface area (Å²) in [5.74, 6) is -0.00103. The monoisotopic (exact) mass is 261 g/mol. The van der Waals surface area contributed by atoms with Gasteiger partial charge in [-0.25, -0.2) is 0 Å². The number of aliphatic hydroxyl groups excluding tert-OH is 1. The third kappa shape index (κ3) is 3.16. The largest absolute Gasteiger partial charge is 0.395 e. The first-order valence-electron chi connectivity index (χ1n) is 7.17. The Labute approximate surface area is 115 Å². The summed E-state index contributed by atoms with van der Waals surface area (Å²) >= 11 is 0. The number of carbonyl (C=O) groups is 1. The van der Waals surface area contributed by atoms with Gasteiger partial charge in [0.1, 0.15) is 0 Å². The molecule has 104 valence electrons. The fourth-order valence-corrected chi connectivity index (χ4v) is 2.54. The van der Waals surface area contributed by atoms with Gasteiger partial charge in [0, 0.05) is 6.54 Å². The Morgan fingerprint density at radius 3 is 2.37 bits per heavy atom. The highest BCUT2D eigenvalue weighted by atomic mass is 16.3. The van der Waals surface area contributed by atoms with E-state index in [1.807, 2.05) is 0 Å². The van der Waals surface area contributed by atoms with Gasteiger partial charge in [-0.15, -0.1) is 0 Å². The fraction of sp³-hybridized carbons (Fsp3) is 0.562. The van der Waals surface area contributed by atoms with Gasteiger partial charge in [0.15, 0.2) is 0 Å². The molecule has 2 rings (SSSR count). The lowest BCUT2D eigenvalue weighted by Gasteiger charge is -2.38. The Kier molecular flexibility index (Phi) is 4.59. The van der Waals surface area contributed by atoms with Crippen molar-refractivity contribution in [2.45, 2.75) is 45.6 Å². The van der Waals surface area contributed by atoms with Crippen LogP contribution in [0.4, 0.5) is 0 Å². The number of rotatable bonds is 6. The molecule has 19 heavy (non-hydrogen) atoms. The maximum absolute atomic E-state index is 12.0. The molecule has 0 aromatic heterocycles. The minimum Gasteiger partial charge on any atom is -0.395 e. The first kappa shape index (κ1) is 14.1. The normalized spacial score (nSPS) is 16.7. The summed E-state index contributed by atoms with van der Waals surface area (Å²) in [5.41, 5.74) is 1.95.